The number of carbonyl (C=O) groups excluding carboxylic acids is 3. The number of thioether (sulfide) groups is 1. The zero-order valence-corrected chi connectivity index (χ0v) is 17.8. The number of methoxy groups -OCH3 is 1. The number of thiocarbonyl (C=S) groups is 1. The molecule has 2 heterocycles. The van der Waals surface area contributed by atoms with E-state index in [1.807, 2.05) is 0 Å². The number of aliphatic carboxylic acids is 1. The molecule has 2 fully saturated rings. The molecule has 0 bridgehead atoms. The van der Waals surface area contributed by atoms with Crippen molar-refractivity contribution in [1.29, 1.82) is 0 Å². The van der Waals surface area contributed by atoms with Crippen molar-refractivity contribution in [3.63, 3.8) is 0 Å². The predicted molar refractivity (Wildman–Crippen MR) is 115 cm³/mol. The van der Waals surface area contributed by atoms with Crippen molar-refractivity contribution in [2.45, 2.75) is 25.3 Å². The van der Waals surface area contributed by atoms with Gasteiger partial charge in [-0.05, 0) is 43.0 Å². The third-order valence-electron chi connectivity index (χ3n) is 4.90. The van der Waals surface area contributed by atoms with Crippen molar-refractivity contribution in [3.8, 4) is 0 Å². The number of carboxylic acids is 1. The van der Waals surface area contributed by atoms with Crippen molar-refractivity contribution < 1.29 is 29.0 Å². The molecule has 8 nitrogen and oxygen atoms in total. The Bertz CT molecular complexity index is 928. The molecule has 2 aliphatic heterocycles. The molecule has 2 saturated heterocycles. The van der Waals surface area contributed by atoms with E-state index >= 15 is 0 Å². The largest absolute Gasteiger partial charge is 0.480 e. The number of piperidine rings is 1. The summed E-state index contributed by atoms with van der Waals surface area (Å²) < 4.78 is 4.90. The number of hydrogen-bond donors (Lipinski definition) is 1. The van der Waals surface area contributed by atoms with Crippen molar-refractivity contribution >= 4 is 58.1 Å². The number of ether oxygens (including phenoxy) is 1. The summed E-state index contributed by atoms with van der Waals surface area (Å²) in [6.07, 6.45) is 3.52. The van der Waals surface area contributed by atoms with Crippen LogP contribution in [-0.2, 0) is 19.1 Å². The highest BCUT2D eigenvalue weighted by Crippen LogP contribution is 2.33. The summed E-state index contributed by atoms with van der Waals surface area (Å²) in [5.41, 5.74) is 1.08. The second-order valence-electron chi connectivity index (χ2n) is 6.82. The molecule has 1 aromatic rings. The minimum Gasteiger partial charge on any atom is -0.480 e. The SMILES string of the molecule is COC(=O)c1ccc(C=C2SC(=S)N(CC(=O)N3CCCCC3C(=O)O)C2=O)cc1. The highest BCUT2D eigenvalue weighted by molar-refractivity contribution is 8.26. The Morgan fingerprint density at radius 3 is 2.60 bits per heavy atom. The van der Waals surface area contributed by atoms with Gasteiger partial charge in [0.25, 0.3) is 5.91 Å². The van der Waals surface area contributed by atoms with Gasteiger partial charge in [0.2, 0.25) is 5.91 Å². The van der Waals surface area contributed by atoms with E-state index in [1.165, 1.54) is 16.9 Å². The Kier molecular flexibility index (Phi) is 6.88. The van der Waals surface area contributed by atoms with E-state index in [4.69, 9.17) is 12.2 Å². The van der Waals surface area contributed by atoms with Gasteiger partial charge < -0.3 is 14.7 Å². The van der Waals surface area contributed by atoms with E-state index < -0.39 is 29.8 Å². The smallest absolute Gasteiger partial charge is 0.337 e. The highest BCUT2D eigenvalue weighted by Gasteiger charge is 2.37. The minimum atomic E-state index is -1.04. The number of benzene rings is 1. The average Bonchev–Trinajstić information content (AvgIpc) is 3.00. The summed E-state index contributed by atoms with van der Waals surface area (Å²) in [7, 11) is 1.30. The average molecular weight is 449 g/mol. The number of likely N-dealkylation sites (tertiary alicyclic amines) is 1. The number of carboxylic acid groups (broad SMARTS) is 1. The molecule has 10 heteroatoms. The lowest BCUT2D eigenvalue weighted by molar-refractivity contribution is -0.152. The normalized spacial score (nSPS) is 20.6. The molecule has 1 N–H and O–H groups in total. The molecule has 1 atom stereocenters. The van der Waals surface area contributed by atoms with Crippen molar-refractivity contribution in [1.82, 2.24) is 9.80 Å². The zero-order valence-electron chi connectivity index (χ0n) is 16.2. The van der Waals surface area contributed by atoms with Gasteiger partial charge in [-0.1, -0.05) is 36.1 Å². The van der Waals surface area contributed by atoms with Crippen LogP contribution in [0.2, 0.25) is 0 Å². The summed E-state index contributed by atoms with van der Waals surface area (Å²) in [5.74, 6) is -2.33. The minimum absolute atomic E-state index is 0.245. The zero-order chi connectivity index (χ0) is 21.8. The molecular weight excluding hydrogens is 428 g/mol. The van der Waals surface area contributed by atoms with Crippen molar-refractivity contribution in [2.24, 2.45) is 0 Å². The predicted octanol–water partition coefficient (Wildman–Crippen LogP) is 2.14. The van der Waals surface area contributed by atoms with Crippen LogP contribution in [0.15, 0.2) is 29.2 Å². The lowest BCUT2D eigenvalue weighted by Crippen LogP contribution is -2.51. The third kappa shape index (κ3) is 4.71. The summed E-state index contributed by atoms with van der Waals surface area (Å²) in [5, 5.41) is 9.36. The van der Waals surface area contributed by atoms with Gasteiger partial charge in [-0.3, -0.25) is 14.5 Å². The second-order valence-corrected chi connectivity index (χ2v) is 8.49. The number of hydrogen-bond acceptors (Lipinski definition) is 7. The molecule has 1 aromatic carbocycles. The number of amides is 2. The van der Waals surface area contributed by atoms with E-state index in [1.54, 1.807) is 30.3 Å². The molecule has 30 heavy (non-hydrogen) atoms. The quantitative estimate of drug-likeness (QED) is 0.415. The molecule has 0 aliphatic carbocycles. The first-order valence-corrected chi connectivity index (χ1v) is 10.5. The first-order valence-electron chi connectivity index (χ1n) is 9.28. The molecular formula is C20H20N2O6S2. The maximum atomic E-state index is 12.8. The molecule has 0 aromatic heterocycles. The fourth-order valence-electron chi connectivity index (χ4n) is 3.33. The van der Waals surface area contributed by atoms with Crippen molar-refractivity contribution in [3.05, 3.63) is 40.3 Å². The van der Waals surface area contributed by atoms with Gasteiger partial charge in [-0.2, -0.15) is 0 Å². The Morgan fingerprint density at radius 2 is 1.97 bits per heavy atom. The van der Waals surface area contributed by atoms with Crippen LogP contribution in [0.1, 0.15) is 35.2 Å². The summed E-state index contributed by atoms with van der Waals surface area (Å²) in [4.78, 5) is 51.3. The fourth-order valence-corrected chi connectivity index (χ4v) is 4.59. The van der Waals surface area contributed by atoms with Gasteiger partial charge in [0.1, 0.15) is 16.9 Å². The molecule has 2 amide bonds. The Morgan fingerprint density at radius 1 is 1.27 bits per heavy atom. The van der Waals surface area contributed by atoms with Crippen LogP contribution in [0.4, 0.5) is 0 Å². The number of carbonyl (C=O) groups is 4. The van der Waals surface area contributed by atoms with Gasteiger partial charge in [-0.15, -0.1) is 0 Å². The van der Waals surface area contributed by atoms with Crippen LogP contribution in [0.3, 0.4) is 0 Å². The Balaban J connectivity index is 1.71. The second kappa shape index (κ2) is 9.40. The molecule has 158 valence electrons. The Hall–Kier alpha value is -2.72. The fraction of sp³-hybridized carbons (Fsp3) is 0.350. The van der Waals surface area contributed by atoms with Crippen LogP contribution in [-0.4, -0.2) is 69.2 Å². The molecule has 0 saturated carbocycles. The van der Waals surface area contributed by atoms with E-state index in [2.05, 4.69) is 4.74 Å². The monoisotopic (exact) mass is 448 g/mol. The third-order valence-corrected chi connectivity index (χ3v) is 6.28. The van der Waals surface area contributed by atoms with E-state index in [9.17, 15) is 24.3 Å². The van der Waals surface area contributed by atoms with Gasteiger partial charge in [0, 0.05) is 6.54 Å². The lowest BCUT2D eigenvalue weighted by atomic mass is 10.0. The Labute approximate surface area is 182 Å². The maximum Gasteiger partial charge on any atom is 0.337 e. The number of esters is 1. The van der Waals surface area contributed by atoms with Crippen LogP contribution in [0.5, 0.6) is 0 Å². The first-order chi connectivity index (χ1) is 14.3. The van der Waals surface area contributed by atoms with E-state index in [0.717, 1.165) is 24.6 Å². The lowest BCUT2D eigenvalue weighted by Gasteiger charge is -2.33. The van der Waals surface area contributed by atoms with E-state index in [-0.39, 0.29) is 10.9 Å². The molecule has 1 unspecified atom stereocenters. The summed E-state index contributed by atoms with van der Waals surface area (Å²) >= 11 is 6.34. The molecule has 2 aliphatic rings. The highest BCUT2D eigenvalue weighted by atomic mass is 32.2. The van der Waals surface area contributed by atoms with Crippen LogP contribution in [0.25, 0.3) is 6.08 Å². The standard InChI is InChI=1S/C20H20N2O6S2/c1-28-19(27)13-7-5-12(6-8-13)10-15-17(24)22(20(29)30-15)11-16(23)21-9-3-2-4-14(21)18(25)26/h5-8,10,14H,2-4,9,11H2,1H3,(H,25,26). The molecule has 3 rings (SSSR count). The van der Waals surface area contributed by atoms with Crippen LogP contribution >= 0.6 is 24.0 Å². The van der Waals surface area contributed by atoms with Gasteiger partial charge in [-0.25, -0.2) is 9.59 Å². The topological polar surface area (TPSA) is 104 Å². The van der Waals surface area contributed by atoms with Gasteiger partial charge in [0.05, 0.1) is 17.6 Å². The summed E-state index contributed by atoms with van der Waals surface area (Å²) in [6.45, 7) is 0.0695. The summed E-state index contributed by atoms with van der Waals surface area (Å²) in [6, 6.07) is 5.66. The van der Waals surface area contributed by atoms with E-state index in [0.29, 0.717) is 29.0 Å². The first kappa shape index (κ1) is 22.0. The van der Waals surface area contributed by atoms with Crippen LogP contribution in [0, 0.1) is 0 Å². The maximum absolute atomic E-state index is 12.8. The number of nitrogens with zero attached hydrogens (tertiary/aromatic N) is 2. The van der Waals surface area contributed by atoms with Gasteiger partial charge in [0.15, 0.2) is 0 Å². The molecule has 0 radical (unpaired) electrons. The van der Waals surface area contributed by atoms with Crippen LogP contribution < -0.4 is 0 Å². The molecule has 0 spiro atoms. The van der Waals surface area contributed by atoms with Gasteiger partial charge >= 0.3 is 11.9 Å². The number of rotatable bonds is 5. The van der Waals surface area contributed by atoms with Crippen molar-refractivity contribution in [2.75, 3.05) is 20.2 Å².